The molecule has 94 valence electrons. The predicted molar refractivity (Wildman–Crippen MR) is 75.3 cm³/mol. The van der Waals surface area contributed by atoms with Gasteiger partial charge in [-0.3, -0.25) is 0 Å². The van der Waals surface area contributed by atoms with E-state index in [2.05, 4.69) is 29.2 Å². The number of hydrogen-bond acceptors (Lipinski definition) is 3. The minimum atomic E-state index is 0.639. The highest BCUT2D eigenvalue weighted by Crippen LogP contribution is 2.19. The molecule has 3 heteroatoms. The molecule has 0 spiro atoms. The van der Waals surface area contributed by atoms with Crippen LogP contribution in [0.3, 0.4) is 0 Å². The van der Waals surface area contributed by atoms with Crippen molar-refractivity contribution in [1.29, 1.82) is 0 Å². The summed E-state index contributed by atoms with van der Waals surface area (Å²) >= 11 is 1.96. The van der Waals surface area contributed by atoms with E-state index < -0.39 is 0 Å². The van der Waals surface area contributed by atoms with E-state index in [0.717, 1.165) is 0 Å². The zero-order chi connectivity index (χ0) is 11.9. The number of nitrogens with zero attached hydrogens (tertiary/aromatic N) is 1. The third-order valence-corrected chi connectivity index (χ3v) is 4.34. The summed E-state index contributed by atoms with van der Waals surface area (Å²) in [6.07, 6.45) is 4.09. The monoisotopic (exact) mass is 250 g/mol. The lowest BCUT2D eigenvalue weighted by molar-refractivity contribution is 0.341. The van der Waals surface area contributed by atoms with Crippen LogP contribution in [-0.2, 0) is 6.54 Å². The van der Waals surface area contributed by atoms with Crippen LogP contribution in [-0.4, -0.2) is 30.3 Å². The molecule has 0 bridgehead atoms. The molecule has 1 aliphatic rings. The highest BCUT2D eigenvalue weighted by atomic mass is 32.2. The summed E-state index contributed by atoms with van der Waals surface area (Å²) in [4.78, 5) is 3.95. The Bertz CT molecular complexity index is 317. The number of thioether (sulfide) groups is 1. The third-order valence-electron chi connectivity index (χ3n) is 3.25. The number of rotatable bonds is 6. The van der Waals surface area contributed by atoms with E-state index >= 15 is 0 Å². The van der Waals surface area contributed by atoms with Crippen LogP contribution in [0.5, 0.6) is 0 Å². The Labute approximate surface area is 109 Å². The Balaban J connectivity index is 1.63. The first-order valence-electron chi connectivity index (χ1n) is 6.52. The van der Waals surface area contributed by atoms with Crippen molar-refractivity contribution < 1.29 is 0 Å². The van der Waals surface area contributed by atoms with Crippen molar-refractivity contribution in [3.63, 3.8) is 0 Å². The lowest BCUT2D eigenvalue weighted by Crippen LogP contribution is -2.20. The lowest BCUT2D eigenvalue weighted by Gasteiger charge is -2.13. The first-order chi connectivity index (χ1) is 8.38. The van der Waals surface area contributed by atoms with Gasteiger partial charge in [-0.1, -0.05) is 12.1 Å². The van der Waals surface area contributed by atoms with Crippen LogP contribution in [0, 0.1) is 0 Å². The Morgan fingerprint density at radius 3 is 2.47 bits per heavy atom. The standard InChI is InChI=1S/C14H22N2S/c15-12-13-4-6-14(7-5-13)17-11-3-10-16-8-1-2-9-16/h4-7H,1-3,8-12,15H2. The smallest absolute Gasteiger partial charge is 0.0178 e. The molecule has 2 N–H and O–H groups in total. The molecule has 1 heterocycles. The SMILES string of the molecule is NCc1ccc(SCCCN2CCCC2)cc1. The number of benzene rings is 1. The van der Waals surface area contributed by atoms with Gasteiger partial charge in [-0.05, 0) is 62.3 Å². The Hall–Kier alpha value is -0.510. The van der Waals surface area contributed by atoms with Crippen molar-refractivity contribution in [2.45, 2.75) is 30.7 Å². The summed E-state index contributed by atoms with van der Waals surface area (Å²) in [5.41, 5.74) is 6.79. The molecule has 0 aliphatic carbocycles. The van der Waals surface area contributed by atoms with Gasteiger partial charge in [0, 0.05) is 11.4 Å². The summed E-state index contributed by atoms with van der Waals surface area (Å²) in [5, 5.41) is 0. The van der Waals surface area contributed by atoms with Gasteiger partial charge in [0.25, 0.3) is 0 Å². The average Bonchev–Trinajstić information content (AvgIpc) is 2.88. The third kappa shape index (κ3) is 4.34. The second-order valence-electron chi connectivity index (χ2n) is 4.60. The fraction of sp³-hybridized carbons (Fsp3) is 0.571. The van der Waals surface area contributed by atoms with Crippen molar-refractivity contribution in [3.05, 3.63) is 29.8 Å². The van der Waals surface area contributed by atoms with Gasteiger partial charge in [0.15, 0.2) is 0 Å². The first-order valence-corrected chi connectivity index (χ1v) is 7.51. The van der Waals surface area contributed by atoms with E-state index in [0.29, 0.717) is 6.54 Å². The van der Waals surface area contributed by atoms with E-state index in [9.17, 15) is 0 Å². The fourth-order valence-corrected chi connectivity index (χ4v) is 3.04. The van der Waals surface area contributed by atoms with Crippen LogP contribution in [0.1, 0.15) is 24.8 Å². The molecule has 2 nitrogen and oxygen atoms in total. The van der Waals surface area contributed by atoms with E-state index in [1.54, 1.807) is 0 Å². The van der Waals surface area contributed by atoms with E-state index in [-0.39, 0.29) is 0 Å². The van der Waals surface area contributed by atoms with Crippen molar-refractivity contribution in [3.8, 4) is 0 Å². The number of hydrogen-bond donors (Lipinski definition) is 1. The van der Waals surface area contributed by atoms with Crippen molar-refractivity contribution in [2.75, 3.05) is 25.4 Å². The van der Waals surface area contributed by atoms with Crippen LogP contribution in [0.25, 0.3) is 0 Å². The van der Waals surface area contributed by atoms with E-state index in [1.807, 2.05) is 11.8 Å². The van der Waals surface area contributed by atoms with Gasteiger partial charge in [-0.2, -0.15) is 0 Å². The van der Waals surface area contributed by atoms with Crippen LogP contribution in [0.4, 0.5) is 0 Å². The largest absolute Gasteiger partial charge is 0.326 e. The summed E-state index contributed by atoms with van der Waals surface area (Å²) in [7, 11) is 0. The molecule has 1 aliphatic heterocycles. The van der Waals surface area contributed by atoms with Gasteiger partial charge in [0.1, 0.15) is 0 Å². The van der Waals surface area contributed by atoms with Crippen LogP contribution >= 0.6 is 11.8 Å². The van der Waals surface area contributed by atoms with E-state index in [4.69, 9.17) is 5.73 Å². The van der Waals surface area contributed by atoms with Gasteiger partial charge in [0.05, 0.1) is 0 Å². The maximum atomic E-state index is 5.58. The maximum Gasteiger partial charge on any atom is 0.0178 e. The van der Waals surface area contributed by atoms with Gasteiger partial charge in [-0.15, -0.1) is 11.8 Å². The van der Waals surface area contributed by atoms with Crippen LogP contribution in [0.2, 0.25) is 0 Å². The Morgan fingerprint density at radius 1 is 1.12 bits per heavy atom. The predicted octanol–water partition coefficient (Wildman–Crippen LogP) is 2.72. The molecule has 0 amide bonds. The fourth-order valence-electron chi connectivity index (χ4n) is 2.21. The van der Waals surface area contributed by atoms with Crippen LogP contribution < -0.4 is 5.73 Å². The molecule has 2 rings (SSSR count). The number of likely N-dealkylation sites (tertiary alicyclic amines) is 1. The molecule has 0 aromatic heterocycles. The summed E-state index contributed by atoms with van der Waals surface area (Å²) in [6, 6.07) is 8.62. The minimum absolute atomic E-state index is 0.639. The molecule has 0 atom stereocenters. The average molecular weight is 250 g/mol. The first kappa shape index (κ1) is 12.9. The van der Waals surface area contributed by atoms with E-state index in [1.165, 1.54) is 55.1 Å². The van der Waals surface area contributed by atoms with Crippen molar-refractivity contribution >= 4 is 11.8 Å². The quantitative estimate of drug-likeness (QED) is 0.622. The summed E-state index contributed by atoms with van der Waals surface area (Å²) in [6.45, 7) is 4.54. The summed E-state index contributed by atoms with van der Waals surface area (Å²) < 4.78 is 0. The molecule has 0 unspecified atom stereocenters. The number of nitrogens with two attached hydrogens (primary N) is 1. The molecule has 17 heavy (non-hydrogen) atoms. The Morgan fingerprint density at radius 2 is 1.82 bits per heavy atom. The van der Waals surface area contributed by atoms with Gasteiger partial charge < -0.3 is 10.6 Å². The lowest BCUT2D eigenvalue weighted by atomic mass is 10.2. The van der Waals surface area contributed by atoms with Gasteiger partial charge >= 0.3 is 0 Å². The summed E-state index contributed by atoms with van der Waals surface area (Å²) in [5.74, 6) is 1.22. The normalized spacial score (nSPS) is 16.5. The second-order valence-corrected chi connectivity index (χ2v) is 5.77. The molecule has 1 fully saturated rings. The highest BCUT2D eigenvalue weighted by Gasteiger charge is 2.10. The zero-order valence-electron chi connectivity index (χ0n) is 10.4. The molecule has 1 saturated heterocycles. The van der Waals surface area contributed by atoms with Crippen molar-refractivity contribution in [1.82, 2.24) is 4.90 Å². The molecular formula is C14H22N2S. The van der Waals surface area contributed by atoms with Gasteiger partial charge in [0.2, 0.25) is 0 Å². The topological polar surface area (TPSA) is 29.3 Å². The highest BCUT2D eigenvalue weighted by molar-refractivity contribution is 7.99. The van der Waals surface area contributed by atoms with Crippen molar-refractivity contribution in [2.24, 2.45) is 5.73 Å². The zero-order valence-corrected chi connectivity index (χ0v) is 11.2. The van der Waals surface area contributed by atoms with Crippen LogP contribution in [0.15, 0.2) is 29.2 Å². The maximum absolute atomic E-state index is 5.58. The molecule has 0 saturated carbocycles. The van der Waals surface area contributed by atoms with Gasteiger partial charge in [-0.25, -0.2) is 0 Å². The second kappa shape index (κ2) is 7.04. The molecule has 1 aromatic carbocycles. The molecule has 0 radical (unpaired) electrons. The molecular weight excluding hydrogens is 228 g/mol. The minimum Gasteiger partial charge on any atom is -0.326 e. The Kier molecular flexibility index (Phi) is 5.36. The molecule has 1 aromatic rings.